The molecule has 0 aromatic rings. The smallest absolute Gasteiger partial charge is 0.310 e. The molecule has 4 fully saturated rings. The second-order valence-corrected chi connectivity index (χ2v) is 11.9. The summed E-state index contributed by atoms with van der Waals surface area (Å²) >= 11 is 0. The summed E-state index contributed by atoms with van der Waals surface area (Å²) in [6, 6.07) is 0. The van der Waals surface area contributed by atoms with Gasteiger partial charge in [-0.1, -0.05) is 40.5 Å². The first-order valence-corrected chi connectivity index (χ1v) is 12.2. The second-order valence-electron chi connectivity index (χ2n) is 11.9. The average molecular weight is 407 g/mol. The Morgan fingerprint density at radius 2 is 1.72 bits per heavy atom. The maximum Gasteiger partial charge on any atom is 0.310 e. The van der Waals surface area contributed by atoms with Crippen LogP contribution in [0.3, 0.4) is 0 Å². The molecular weight excluding hydrogens is 364 g/mol. The molecule has 29 heavy (non-hydrogen) atoms. The maximum absolute atomic E-state index is 12.6. The van der Waals surface area contributed by atoms with Crippen LogP contribution in [0.25, 0.3) is 0 Å². The van der Waals surface area contributed by atoms with Crippen LogP contribution in [0.2, 0.25) is 0 Å². The number of carboxylic acids is 1. The molecule has 166 valence electrons. The number of aliphatic hydroxyl groups is 2. The molecule has 1 unspecified atom stereocenters. The van der Waals surface area contributed by atoms with Crippen molar-refractivity contribution >= 4 is 5.97 Å². The normalized spacial score (nSPS) is 49.6. The summed E-state index contributed by atoms with van der Waals surface area (Å²) in [7, 11) is 0. The largest absolute Gasteiger partial charge is 0.481 e. The van der Waals surface area contributed by atoms with Crippen molar-refractivity contribution in [1.29, 1.82) is 0 Å². The van der Waals surface area contributed by atoms with E-state index < -0.39 is 17.2 Å². The fraction of sp³-hybridized carbons (Fsp3) is 0.960. The van der Waals surface area contributed by atoms with Crippen LogP contribution < -0.4 is 0 Å². The van der Waals surface area contributed by atoms with Crippen molar-refractivity contribution in [3.63, 3.8) is 0 Å². The van der Waals surface area contributed by atoms with Crippen molar-refractivity contribution in [2.24, 2.45) is 45.8 Å². The molecule has 4 nitrogen and oxygen atoms in total. The number of hydrogen-bond donors (Lipinski definition) is 3. The van der Waals surface area contributed by atoms with Gasteiger partial charge in [-0.05, 0) is 85.4 Å². The molecule has 4 saturated carbocycles. The summed E-state index contributed by atoms with van der Waals surface area (Å²) in [5, 5.41) is 31.0. The van der Waals surface area contributed by atoms with Crippen LogP contribution in [0.5, 0.6) is 0 Å². The van der Waals surface area contributed by atoms with Gasteiger partial charge in [0.15, 0.2) is 5.79 Å². The van der Waals surface area contributed by atoms with E-state index in [1.54, 1.807) is 0 Å². The van der Waals surface area contributed by atoms with E-state index in [1.165, 1.54) is 32.1 Å². The number of carboxylic acid groups (broad SMARTS) is 1. The molecule has 4 aliphatic rings. The van der Waals surface area contributed by atoms with Crippen molar-refractivity contribution in [2.45, 2.75) is 104 Å². The summed E-state index contributed by atoms with van der Waals surface area (Å²) in [5.41, 5.74) is -0.913. The maximum atomic E-state index is 12.6. The number of rotatable bonds is 4. The zero-order valence-electron chi connectivity index (χ0n) is 18.9. The zero-order chi connectivity index (χ0) is 21.2. The van der Waals surface area contributed by atoms with E-state index in [1.807, 2.05) is 0 Å². The van der Waals surface area contributed by atoms with Gasteiger partial charge in [-0.3, -0.25) is 4.79 Å². The Labute approximate surface area is 176 Å². The van der Waals surface area contributed by atoms with E-state index in [9.17, 15) is 20.1 Å². The highest BCUT2D eigenvalue weighted by Crippen LogP contribution is 2.72. The number of fused-ring (bicyclic) bond motifs is 5. The van der Waals surface area contributed by atoms with Gasteiger partial charge in [-0.25, -0.2) is 0 Å². The molecule has 0 saturated heterocycles. The number of carbonyl (C=O) groups is 1. The van der Waals surface area contributed by atoms with Crippen LogP contribution >= 0.6 is 0 Å². The summed E-state index contributed by atoms with van der Waals surface area (Å²) in [5.74, 6) is 0.673. The highest BCUT2D eigenvalue weighted by Gasteiger charge is 2.69. The lowest BCUT2D eigenvalue weighted by atomic mass is 9.39. The predicted molar refractivity (Wildman–Crippen MR) is 113 cm³/mol. The van der Waals surface area contributed by atoms with Gasteiger partial charge >= 0.3 is 5.97 Å². The SMILES string of the molecule is CCC[C@@H](C)[C@H]1CC[C@H]2[C@@H]3CCC4(C(=O)O)CC(O)(O)CC[C@]4(C)[C@H]3CC[C@]12C. The van der Waals surface area contributed by atoms with Crippen LogP contribution in [0.4, 0.5) is 0 Å². The minimum Gasteiger partial charge on any atom is -0.481 e. The molecule has 8 atom stereocenters. The Balaban J connectivity index is 1.65. The van der Waals surface area contributed by atoms with Gasteiger partial charge in [0, 0.05) is 12.8 Å². The second kappa shape index (κ2) is 6.95. The first-order valence-electron chi connectivity index (χ1n) is 12.2. The van der Waals surface area contributed by atoms with Crippen LogP contribution in [-0.4, -0.2) is 27.1 Å². The van der Waals surface area contributed by atoms with Crippen molar-refractivity contribution in [3.05, 3.63) is 0 Å². The molecular formula is C25H42O4. The molecule has 0 spiro atoms. The molecule has 0 aromatic heterocycles. The Morgan fingerprint density at radius 3 is 2.38 bits per heavy atom. The predicted octanol–water partition coefficient (Wildman–Crippen LogP) is 5.22. The molecule has 0 radical (unpaired) electrons. The Morgan fingerprint density at radius 1 is 1.00 bits per heavy atom. The van der Waals surface area contributed by atoms with E-state index in [4.69, 9.17) is 0 Å². The summed E-state index contributed by atoms with van der Waals surface area (Å²) in [6.45, 7) is 9.48. The quantitative estimate of drug-likeness (QED) is 0.560. The first-order chi connectivity index (χ1) is 13.5. The van der Waals surface area contributed by atoms with Gasteiger partial charge in [0.05, 0.1) is 5.41 Å². The lowest BCUT2D eigenvalue weighted by molar-refractivity contribution is -0.265. The van der Waals surface area contributed by atoms with Gasteiger partial charge in [-0.2, -0.15) is 0 Å². The van der Waals surface area contributed by atoms with Gasteiger partial charge in [-0.15, -0.1) is 0 Å². The summed E-state index contributed by atoms with van der Waals surface area (Å²) < 4.78 is 0. The third-order valence-electron chi connectivity index (χ3n) is 10.8. The van der Waals surface area contributed by atoms with Crippen LogP contribution in [-0.2, 0) is 4.79 Å². The first kappa shape index (κ1) is 21.6. The molecule has 4 rings (SSSR count). The highest BCUT2D eigenvalue weighted by molar-refractivity contribution is 5.76. The topological polar surface area (TPSA) is 77.8 Å². The third kappa shape index (κ3) is 2.95. The Bertz CT molecular complexity index is 659. The van der Waals surface area contributed by atoms with Gasteiger partial charge in [0.25, 0.3) is 0 Å². The fourth-order valence-corrected chi connectivity index (χ4v) is 9.34. The summed E-state index contributed by atoms with van der Waals surface area (Å²) in [6.07, 6.45) is 10.00. The van der Waals surface area contributed by atoms with Crippen LogP contribution in [0, 0.1) is 45.8 Å². The molecule has 3 N–H and O–H groups in total. The van der Waals surface area contributed by atoms with Crippen molar-refractivity contribution < 1.29 is 20.1 Å². The lowest BCUT2D eigenvalue weighted by Gasteiger charge is -2.65. The van der Waals surface area contributed by atoms with Crippen molar-refractivity contribution in [1.82, 2.24) is 0 Å². The molecule has 0 bridgehead atoms. The minimum atomic E-state index is -1.83. The number of hydrogen-bond acceptors (Lipinski definition) is 3. The Hall–Kier alpha value is -0.610. The zero-order valence-corrected chi connectivity index (χ0v) is 18.9. The number of aliphatic carboxylic acids is 1. The summed E-state index contributed by atoms with van der Waals surface area (Å²) in [4.78, 5) is 12.6. The molecule has 0 aromatic carbocycles. The van der Waals surface area contributed by atoms with E-state index in [2.05, 4.69) is 27.7 Å². The molecule has 0 heterocycles. The van der Waals surface area contributed by atoms with Crippen molar-refractivity contribution in [3.8, 4) is 0 Å². The molecule has 0 amide bonds. The van der Waals surface area contributed by atoms with Gasteiger partial charge in [0.1, 0.15) is 0 Å². The monoisotopic (exact) mass is 406 g/mol. The van der Waals surface area contributed by atoms with E-state index >= 15 is 0 Å². The van der Waals surface area contributed by atoms with E-state index in [-0.39, 0.29) is 11.8 Å². The Kier molecular flexibility index (Phi) is 5.18. The fourth-order valence-electron chi connectivity index (χ4n) is 9.34. The molecule has 0 aliphatic heterocycles. The molecule has 4 aliphatic carbocycles. The highest BCUT2D eigenvalue weighted by atomic mass is 16.5. The average Bonchev–Trinajstić information content (AvgIpc) is 2.99. The van der Waals surface area contributed by atoms with E-state index in [0.717, 1.165) is 24.7 Å². The van der Waals surface area contributed by atoms with Crippen LogP contribution in [0.15, 0.2) is 0 Å². The standard InChI is InChI=1S/C25H42O4/c1-5-6-16(2)18-7-8-19-17-9-12-24(21(26)27)15-25(28,29)14-13-23(24,4)20(17)10-11-22(18,19)3/h16-20,28-29H,5-15H2,1-4H3,(H,26,27)/t16-,17+,18-,19+,20+,22-,23-,24?/m1/s1. The van der Waals surface area contributed by atoms with E-state index in [0.29, 0.717) is 42.4 Å². The van der Waals surface area contributed by atoms with Gasteiger partial charge in [0.2, 0.25) is 0 Å². The van der Waals surface area contributed by atoms with Crippen molar-refractivity contribution in [2.75, 3.05) is 0 Å². The molecule has 4 heteroatoms. The van der Waals surface area contributed by atoms with Crippen LogP contribution in [0.1, 0.15) is 98.3 Å². The lowest BCUT2D eigenvalue weighted by Crippen LogP contribution is -2.64. The third-order valence-corrected chi connectivity index (χ3v) is 10.8. The van der Waals surface area contributed by atoms with Gasteiger partial charge < -0.3 is 15.3 Å². The minimum absolute atomic E-state index is 0.00680.